The molecule has 1 rings (SSSR count). The summed E-state index contributed by atoms with van der Waals surface area (Å²) in [5.74, 6) is 0.746. The molecule has 90 valence electrons. The number of rotatable bonds is 6. The zero-order chi connectivity index (χ0) is 12.0. The van der Waals surface area contributed by atoms with Crippen LogP contribution < -0.4 is 0 Å². The van der Waals surface area contributed by atoms with Gasteiger partial charge in [0.2, 0.25) is 0 Å². The molecule has 0 aromatic heterocycles. The highest BCUT2D eigenvalue weighted by molar-refractivity contribution is 6.18. The Morgan fingerprint density at radius 1 is 1.06 bits per heavy atom. The summed E-state index contributed by atoms with van der Waals surface area (Å²) in [4.78, 5) is 0. The maximum Gasteiger partial charge on any atom is 0.0280 e. The number of hydrogen-bond acceptors (Lipinski definition) is 0. The van der Waals surface area contributed by atoms with E-state index in [1.165, 1.54) is 24.0 Å². The fraction of sp³-hybridized carbons (Fsp3) is 0.600. The molecule has 0 amide bonds. The van der Waals surface area contributed by atoms with Crippen LogP contribution in [0.4, 0.5) is 0 Å². The van der Waals surface area contributed by atoms with Gasteiger partial charge in [-0.15, -0.1) is 11.6 Å². The number of halogens is 1. The second kappa shape index (κ2) is 6.30. The van der Waals surface area contributed by atoms with Gasteiger partial charge in [-0.3, -0.25) is 0 Å². The highest BCUT2D eigenvalue weighted by atomic mass is 35.5. The zero-order valence-corrected chi connectivity index (χ0v) is 11.5. The van der Waals surface area contributed by atoms with E-state index < -0.39 is 0 Å². The lowest BCUT2D eigenvalue weighted by atomic mass is 9.81. The van der Waals surface area contributed by atoms with Gasteiger partial charge in [0.25, 0.3) is 0 Å². The molecule has 0 saturated carbocycles. The molecule has 0 nitrogen and oxygen atoms in total. The Kier molecular flexibility index (Phi) is 5.34. The molecule has 1 aromatic carbocycles. The molecule has 1 heteroatoms. The second-order valence-electron chi connectivity index (χ2n) is 5.04. The average molecular weight is 239 g/mol. The van der Waals surface area contributed by atoms with E-state index in [-0.39, 0.29) is 5.41 Å². The van der Waals surface area contributed by atoms with Crippen molar-refractivity contribution < 1.29 is 0 Å². The van der Waals surface area contributed by atoms with Gasteiger partial charge in [-0.05, 0) is 35.8 Å². The Labute approximate surface area is 105 Å². The number of alkyl halides is 1. The summed E-state index contributed by atoms with van der Waals surface area (Å²) in [6.45, 7) is 6.71. The standard InChI is InChI=1S/C15H23Cl/c1-4-10-15(3,12-16)11-14-8-6-13(5-2)7-9-14/h6-9H,4-5,10-12H2,1-3H3. The quantitative estimate of drug-likeness (QED) is 0.623. The van der Waals surface area contributed by atoms with Gasteiger partial charge in [0, 0.05) is 5.88 Å². The molecule has 0 radical (unpaired) electrons. The summed E-state index contributed by atoms with van der Waals surface area (Å²) < 4.78 is 0. The van der Waals surface area contributed by atoms with Gasteiger partial charge in [0.05, 0.1) is 0 Å². The summed E-state index contributed by atoms with van der Waals surface area (Å²) >= 11 is 6.10. The molecular weight excluding hydrogens is 216 g/mol. The third-order valence-electron chi connectivity index (χ3n) is 3.24. The summed E-state index contributed by atoms with van der Waals surface area (Å²) in [5, 5.41) is 0. The van der Waals surface area contributed by atoms with Crippen molar-refractivity contribution in [3.05, 3.63) is 35.4 Å². The number of aryl methyl sites for hydroxylation is 1. The van der Waals surface area contributed by atoms with Crippen LogP contribution >= 0.6 is 11.6 Å². The predicted octanol–water partition coefficient (Wildman–Crippen LogP) is 4.84. The summed E-state index contributed by atoms with van der Waals surface area (Å²) in [5.41, 5.74) is 3.07. The summed E-state index contributed by atoms with van der Waals surface area (Å²) in [6.07, 6.45) is 4.61. The molecule has 0 N–H and O–H groups in total. The minimum Gasteiger partial charge on any atom is -0.126 e. The smallest absolute Gasteiger partial charge is 0.0280 e. The Morgan fingerprint density at radius 3 is 2.06 bits per heavy atom. The molecule has 1 unspecified atom stereocenters. The first-order valence-electron chi connectivity index (χ1n) is 6.27. The van der Waals surface area contributed by atoms with E-state index in [1.807, 2.05) is 0 Å². The van der Waals surface area contributed by atoms with Crippen LogP contribution in [0, 0.1) is 5.41 Å². The number of hydrogen-bond donors (Lipinski definition) is 0. The maximum absolute atomic E-state index is 6.10. The molecule has 0 aliphatic rings. The van der Waals surface area contributed by atoms with E-state index in [4.69, 9.17) is 11.6 Å². The van der Waals surface area contributed by atoms with Crippen LogP contribution in [0.5, 0.6) is 0 Å². The Hall–Kier alpha value is -0.490. The largest absolute Gasteiger partial charge is 0.126 e. The maximum atomic E-state index is 6.10. The van der Waals surface area contributed by atoms with E-state index in [2.05, 4.69) is 45.0 Å². The fourth-order valence-electron chi connectivity index (χ4n) is 2.19. The molecule has 0 fully saturated rings. The fourth-order valence-corrected chi connectivity index (χ4v) is 2.42. The van der Waals surface area contributed by atoms with Crippen molar-refractivity contribution in [2.75, 3.05) is 5.88 Å². The van der Waals surface area contributed by atoms with Gasteiger partial charge in [0.15, 0.2) is 0 Å². The number of benzene rings is 1. The van der Waals surface area contributed by atoms with Crippen LogP contribution in [0.3, 0.4) is 0 Å². The van der Waals surface area contributed by atoms with Crippen molar-refractivity contribution in [3.8, 4) is 0 Å². The van der Waals surface area contributed by atoms with E-state index in [9.17, 15) is 0 Å². The van der Waals surface area contributed by atoms with E-state index in [0.29, 0.717) is 0 Å². The highest BCUT2D eigenvalue weighted by Crippen LogP contribution is 2.29. The lowest BCUT2D eigenvalue weighted by Crippen LogP contribution is -2.21. The van der Waals surface area contributed by atoms with E-state index >= 15 is 0 Å². The zero-order valence-electron chi connectivity index (χ0n) is 10.7. The van der Waals surface area contributed by atoms with Gasteiger partial charge >= 0.3 is 0 Å². The summed E-state index contributed by atoms with van der Waals surface area (Å²) in [7, 11) is 0. The Bertz CT molecular complexity index is 302. The average Bonchev–Trinajstić information content (AvgIpc) is 2.30. The molecule has 0 saturated heterocycles. The molecule has 0 bridgehead atoms. The first-order valence-corrected chi connectivity index (χ1v) is 6.81. The molecule has 1 aromatic rings. The minimum absolute atomic E-state index is 0.254. The van der Waals surface area contributed by atoms with E-state index in [1.54, 1.807) is 0 Å². The van der Waals surface area contributed by atoms with Crippen LogP contribution in [-0.4, -0.2) is 5.88 Å². The Morgan fingerprint density at radius 2 is 1.62 bits per heavy atom. The normalized spacial score (nSPS) is 14.8. The van der Waals surface area contributed by atoms with E-state index in [0.717, 1.165) is 18.7 Å². The van der Waals surface area contributed by atoms with Crippen molar-refractivity contribution >= 4 is 11.6 Å². The molecule has 0 heterocycles. The second-order valence-corrected chi connectivity index (χ2v) is 5.31. The predicted molar refractivity (Wildman–Crippen MR) is 73.3 cm³/mol. The topological polar surface area (TPSA) is 0 Å². The molecule has 16 heavy (non-hydrogen) atoms. The molecular formula is C15H23Cl. The first-order chi connectivity index (χ1) is 7.63. The minimum atomic E-state index is 0.254. The van der Waals surface area contributed by atoms with Gasteiger partial charge in [-0.1, -0.05) is 51.5 Å². The monoisotopic (exact) mass is 238 g/mol. The lowest BCUT2D eigenvalue weighted by molar-refractivity contribution is 0.335. The van der Waals surface area contributed by atoms with Crippen LogP contribution in [-0.2, 0) is 12.8 Å². The Balaban J connectivity index is 2.70. The van der Waals surface area contributed by atoms with Gasteiger partial charge in [-0.25, -0.2) is 0 Å². The van der Waals surface area contributed by atoms with Crippen LogP contribution in [0.25, 0.3) is 0 Å². The van der Waals surface area contributed by atoms with Crippen molar-refractivity contribution in [1.29, 1.82) is 0 Å². The van der Waals surface area contributed by atoms with Crippen molar-refractivity contribution in [3.63, 3.8) is 0 Å². The SMILES string of the molecule is CCCC(C)(CCl)Cc1ccc(CC)cc1. The highest BCUT2D eigenvalue weighted by Gasteiger charge is 2.22. The van der Waals surface area contributed by atoms with Gasteiger partial charge < -0.3 is 0 Å². The lowest BCUT2D eigenvalue weighted by Gasteiger charge is -2.26. The molecule has 0 aliphatic heterocycles. The third-order valence-corrected chi connectivity index (χ3v) is 3.88. The van der Waals surface area contributed by atoms with Crippen LogP contribution in [0.2, 0.25) is 0 Å². The molecule has 1 atom stereocenters. The van der Waals surface area contributed by atoms with Crippen LogP contribution in [0.15, 0.2) is 24.3 Å². The first kappa shape index (κ1) is 13.6. The summed E-state index contributed by atoms with van der Waals surface area (Å²) in [6, 6.07) is 8.96. The molecule has 0 aliphatic carbocycles. The van der Waals surface area contributed by atoms with Crippen molar-refractivity contribution in [1.82, 2.24) is 0 Å². The van der Waals surface area contributed by atoms with Gasteiger partial charge in [0.1, 0.15) is 0 Å². The van der Waals surface area contributed by atoms with Crippen molar-refractivity contribution in [2.24, 2.45) is 5.41 Å². The molecule has 0 spiro atoms. The third kappa shape index (κ3) is 3.83. The van der Waals surface area contributed by atoms with Gasteiger partial charge in [-0.2, -0.15) is 0 Å². The van der Waals surface area contributed by atoms with Crippen LogP contribution in [0.1, 0.15) is 44.7 Å². The van der Waals surface area contributed by atoms with Crippen molar-refractivity contribution in [2.45, 2.75) is 46.5 Å².